The molecular formula is C11H8BrClN2S. The van der Waals surface area contributed by atoms with E-state index in [0.717, 1.165) is 20.1 Å². The van der Waals surface area contributed by atoms with Crippen molar-refractivity contribution in [2.24, 2.45) is 0 Å². The molecule has 2 aromatic rings. The molecule has 0 bridgehead atoms. The molecule has 0 unspecified atom stereocenters. The zero-order valence-electron chi connectivity index (χ0n) is 8.45. The minimum atomic E-state index is 0.643. The van der Waals surface area contributed by atoms with E-state index in [1.165, 1.54) is 11.8 Å². The molecular weight excluding hydrogens is 308 g/mol. The summed E-state index contributed by atoms with van der Waals surface area (Å²) in [5, 5.41) is 2.46. The van der Waals surface area contributed by atoms with E-state index >= 15 is 0 Å². The van der Waals surface area contributed by atoms with Crippen LogP contribution in [0, 0.1) is 6.92 Å². The fourth-order valence-electron chi connectivity index (χ4n) is 1.10. The van der Waals surface area contributed by atoms with Crippen LogP contribution in [0.5, 0.6) is 0 Å². The first-order valence-corrected chi connectivity index (χ1v) is 6.55. The van der Waals surface area contributed by atoms with Gasteiger partial charge < -0.3 is 0 Å². The lowest BCUT2D eigenvalue weighted by molar-refractivity contribution is 1.07. The molecule has 0 saturated carbocycles. The number of pyridine rings is 2. The molecule has 5 heteroatoms. The van der Waals surface area contributed by atoms with Gasteiger partial charge in [0.15, 0.2) is 0 Å². The van der Waals surface area contributed by atoms with Gasteiger partial charge in [0.25, 0.3) is 0 Å². The minimum absolute atomic E-state index is 0.643. The van der Waals surface area contributed by atoms with Crippen molar-refractivity contribution in [1.29, 1.82) is 0 Å². The van der Waals surface area contributed by atoms with Crippen molar-refractivity contribution >= 4 is 39.3 Å². The van der Waals surface area contributed by atoms with Crippen LogP contribution in [0.1, 0.15) is 5.56 Å². The Bertz CT molecular complexity index is 502. The molecule has 0 spiro atoms. The average molecular weight is 316 g/mol. The lowest BCUT2D eigenvalue weighted by Crippen LogP contribution is -1.85. The van der Waals surface area contributed by atoms with Crippen LogP contribution in [0.15, 0.2) is 45.1 Å². The predicted molar refractivity (Wildman–Crippen MR) is 70.0 cm³/mol. The van der Waals surface area contributed by atoms with E-state index in [-0.39, 0.29) is 0 Å². The molecule has 0 aliphatic carbocycles. The van der Waals surface area contributed by atoms with E-state index in [1.807, 2.05) is 25.1 Å². The largest absolute Gasteiger partial charge is 0.248 e. The van der Waals surface area contributed by atoms with Gasteiger partial charge in [0.1, 0.15) is 10.1 Å². The molecule has 2 nitrogen and oxygen atoms in total. The Morgan fingerprint density at radius 2 is 1.94 bits per heavy atom. The van der Waals surface area contributed by atoms with E-state index in [0.29, 0.717) is 5.02 Å². The van der Waals surface area contributed by atoms with Crippen molar-refractivity contribution in [3.63, 3.8) is 0 Å². The van der Waals surface area contributed by atoms with Gasteiger partial charge in [-0.15, -0.1) is 0 Å². The molecule has 0 N–H and O–H groups in total. The van der Waals surface area contributed by atoms with Crippen LogP contribution in [0.3, 0.4) is 0 Å². The third-order valence-electron chi connectivity index (χ3n) is 1.93. The van der Waals surface area contributed by atoms with Crippen molar-refractivity contribution in [2.45, 2.75) is 17.0 Å². The highest BCUT2D eigenvalue weighted by Crippen LogP contribution is 2.27. The van der Waals surface area contributed by atoms with Crippen molar-refractivity contribution in [3.8, 4) is 0 Å². The Kier molecular flexibility index (Phi) is 3.84. The van der Waals surface area contributed by atoms with Crippen LogP contribution in [0.2, 0.25) is 5.02 Å². The molecule has 0 radical (unpaired) electrons. The molecule has 82 valence electrons. The zero-order chi connectivity index (χ0) is 11.5. The van der Waals surface area contributed by atoms with E-state index in [9.17, 15) is 0 Å². The van der Waals surface area contributed by atoms with Crippen LogP contribution in [0.25, 0.3) is 0 Å². The highest BCUT2D eigenvalue weighted by molar-refractivity contribution is 9.10. The maximum Gasteiger partial charge on any atom is 0.103 e. The molecule has 2 rings (SSSR count). The maximum atomic E-state index is 5.77. The van der Waals surface area contributed by atoms with E-state index in [2.05, 4.69) is 25.9 Å². The molecule has 0 atom stereocenters. The first-order valence-electron chi connectivity index (χ1n) is 4.57. The Morgan fingerprint density at radius 1 is 1.19 bits per heavy atom. The second kappa shape index (κ2) is 5.17. The normalized spacial score (nSPS) is 10.4. The van der Waals surface area contributed by atoms with Crippen LogP contribution in [0.4, 0.5) is 0 Å². The zero-order valence-corrected chi connectivity index (χ0v) is 11.6. The van der Waals surface area contributed by atoms with Crippen LogP contribution in [-0.4, -0.2) is 9.97 Å². The number of aryl methyl sites for hydroxylation is 1. The SMILES string of the molecule is Cc1cc(Sc2ccc(Cl)cn2)ncc1Br. The van der Waals surface area contributed by atoms with Gasteiger partial charge in [-0.3, -0.25) is 0 Å². The monoisotopic (exact) mass is 314 g/mol. The summed E-state index contributed by atoms with van der Waals surface area (Å²) in [7, 11) is 0. The Morgan fingerprint density at radius 3 is 2.56 bits per heavy atom. The van der Waals surface area contributed by atoms with Gasteiger partial charge >= 0.3 is 0 Å². The van der Waals surface area contributed by atoms with E-state index in [4.69, 9.17) is 11.6 Å². The first kappa shape index (κ1) is 11.9. The first-order chi connectivity index (χ1) is 7.65. The smallest absolute Gasteiger partial charge is 0.103 e. The molecule has 2 aromatic heterocycles. The van der Waals surface area contributed by atoms with Crippen LogP contribution in [-0.2, 0) is 0 Å². The second-order valence-electron chi connectivity index (χ2n) is 3.19. The van der Waals surface area contributed by atoms with Crippen LogP contribution >= 0.6 is 39.3 Å². The third kappa shape index (κ3) is 2.97. The molecule has 0 amide bonds. The maximum absolute atomic E-state index is 5.77. The fraction of sp³-hybridized carbons (Fsp3) is 0.0909. The van der Waals surface area contributed by atoms with Gasteiger partial charge in [0, 0.05) is 16.9 Å². The number of halogens is 2. The molecule has 0 aromatic carbocycles. The summed E-state index contributed by atoms with van der Waals surface area (Å²) in [5.74, 6) is 0. The number of rotatable bonds is 2. The topological polar surface area (TPSA) is 25.8 Å². The quantitative estimate of drug-likeness (QED) is 0.824. The summed E-state index contributed by atoms with van der Waals surface area (Å²) in [6, 6.07) is 5.72. The summed E-state index contributed by atoms with van der Waals surface area (Å²) in [6.45, 7) is 2.03. The number of hydrogen-bond donors (Lipinski definition) is 0. The number of aromatic nitrogens is 2. The van der Waals surface area contributed by atoms with Crippen molar-refractivity contribution in [2.75, 3.05) is 0 Å². The van der Waals surface area contributed by atoms with Gasteiger partial charge in [0.05, 0.1) is 5.02 Å². The van der Waals surface area contributed by atoms with E-state index < -0.39 is 0 Å². The Hall–Kier alpha value is -0.580. The fourth-order valence-corrected chi connectivity index (χ4v) is 2.22. The lowest BCUT2D eigenvalue weighted by atomic mass is 10.3. The molecule has 16 heavy (non-hydrogen) atoms. The highest BCUT2D eigenvalue weighted by Gasteiger charge is 2.02. The lowest BCUT2D eigenvalue weighted by Gasteiger charge is -2.02. The summed E-state index contributed by atoms with van der Waals surface area (Å²) in [4.78, 5) is 8.50. The standard InChI is InChI=1S/C11H8BrClN2S/c1-7-4-11(15-6-9(7)12)16-10-3-2-8(13)5-14-10/h2-6H,1H3. The molecule has 0 aliphatic heterocycles. The summed E-state index contributed by atoms with van der Waals surface area (Å²) in [5.41, 5.74) is 1.16. The van der Waals surface area contributed by atoms with Crippen LogP contribution < -0.4 is 0 Å². The van der Waals surface area contributed by atoms with Crippen molar-refractivity contribution in [3.05, 3.63) is 45.7 Å². The average Bonchev–Trinajstić information content (AvgIpc) is 2.27. The third-order valence-corrected chi connectivity index (χ3v) is 3.87. The molecule has 2 heterocycles. The Balaban J connectivity index is 2.20. The highest BCUT2D eigenvalue weighted by atomic mass is 79.9. The second-order valence-corrected chi connectivity index (χ2v) is 5.52. The predicted octanol–water partition coefficient (Wildman–Crippen LogP) is 4.35. The summed E-state index contributed by atoms with van der Waals surface area (Å²) < 4.78 is 1.01. The van der Waals surface area contributed by atoms with Gasteiger partial charge in [-0.1, -0.05) is 23.4 Å². The summed E-state index contributed by atoms with van der Waals surface area (Å²) >= 11 is 10.7. The molecule has 0 fully saturated rings. The number of hydrogen-bond acceptors (Lipinski definition) is 3. The van der Waals surface area contributed by atoms with Crippen molar-refractivity contribution in [1.82, 2.24) is 9.97 Å². The Labute approximate surface area is 112 Å². The minimum Gasteiger partial charge on any atom is -0.248 e. The molecule has 0 saturated heterocycles. The van der Waals surface area contributed by atoms with Gasteiger partial charge in [0.2, 0.25) is 0 Å². The molecule has 0 aliphatic rings. The summed E-state index contributed by atoms with van der Waals surface area (Å²) in [6.07, 6.45) is 3.43. The van der Waals surface area contributed by atoms with Gasteiger partial charge in [-0.25, -0.2) is 9.97 Å². The van der Waals surface area contributed by atoms with Gasteiger partial charge in [-0.05, 0) is 46.6 Å². The van der Waals surface area contributed by atoms with E-state index in [1.54, 1.807) is 12.4 Å². The number of nitrogens with zero attached hydrogens (tertiary/aromatic N) is 2. The van der Waals surface area contributed by atoms with Gasteiger partial charge in [-0.2, -0.15) is 0 Å². The van der Waals surface area contributed by atoms with Crippen molar-refractivity contribution < 1.29 is 0 Å².